The molecule has 0 radical (unpaired) electrons. The van der Waals surface area contributed by atoms with Crippen LogP contribution in [0.3, 0.4) is 0 Å². The van der Waals surface area contributed by atoms with Crippen LogP contribution in [0.25, 0.3) is 10.9 Å². The summed E-state index contributed by atoms with van der Waals surface area (Å²) in [5.74, 6) is -4.37. The summed E-state index contributed by atoms with van der Waals surface area (Å²) in [6.07, 6.45) is 1.19. The van der Waals surface area contributed by atoms with Crippen LogP contribution in [0, 0.1) is 0 Å². The number of primary amides is 1. The molecule has 4 amide bonds. The van der Waals surface area contributed by atoms with Crippen molar-refractivity contribution in [1.29, 1.82) is 0 Å². The van der Waals surface area contributed by atoms with Crippen molar-refractivity contribution in [3.63, 3.8) is 0 Å². The van der Waals surface area contributed by atoms with E-state index in [1.165, 1.54) is 13.8 Å². The van der Waals surface area contributed by atoms with E-state index in [1.54, 1.807) is 6.20 Å². The Labute approximate surface area is 189 Å². The minimum absolute atomic E-state index is 0.0144. The van der Waals surface area contributed by atoms with Crippen LogP contribution >= 0.6 is 0 Å². The molecule has 2 rings (SSSR count). The summed E-state index contributed by atoms with van der Waals surface area (Å²) in [6.45, 7) is 2.73. The van der Waals surface area contributed by atoms with Crippen LogP contribution in [0.4, 0.5) is 0 Å². The number of aromatic amines is 1. The summed E-state index contributed by atoms with van der Waals surface area (Å²) in [7, 11) is 0. The van der Waals surface area contributed by atoms with Crippen LogP contribution in [0.1, 0.15) is 25.8 Å². The number of carbonyl (C=O) groups excluding carboxylic acids is 4. The van der Waals surface area contributed by atoms with Gasteiger partial charge in [-0.15, -0.1) is 0 Å². The van der Waals surface area contributed by atoms with Crippen LogP contribution in [0.2, 0.25) is 0 Å². The van der Waals surface area contributed by atoms with Gasteiger partial charge in [-0.1, -0.05) is 18.2 Å². The summed E-state index contributed by atoms with van der Waals surface area (Å²) in [5.41, 5.74) is 12.1. The molecule has 1 aromatic heterocycles. The predicted molar refractivity (Wildman–Crippen MR) is 119 cm³/mol. The van der Waals surface area contributed by atoms with Gasteiger partial charge in [0.05, 0.1) is 12.5 Å². The molecular weight excluding hydrogens is 432 g/mol. The average molecular weight is 460 g/mol. The fraction of sp³-hybridized carbons (Fsp3) is 0.381. The van der Waals surface area contributed by atoms with Crippen LogP contribution < -0.4 is 27.4 Å². The Morgan fingerprint density at radius 2 is 1.61 bits per heavy atom. The first-order valence-corrected chi connectivity index (χ1v) is 10.2. The number of nitrogens with two attached hydrogens (primary N) is 2. The third-order valence-corrected chi connectivity index (χ3v) is 4.92. The van der Waals surface area contributed by atoms with Crippen LogP contribution in [0.5, 0.6) is 0 Å². The summed E-state index contributed by atoms with van der Waals surface area (Å²) >= 11 is 0. The molecule has 0 aliphatic carbocycles. The zero-order chi connectivity index (χ0) is 24.7. The standard InChI is InChI=1S/C21H28N6O6/c1-10(22)18(29)26-15(8-17(23)28)20(31)25-11(2)19(30)27-16(21(32)33)7-12-9-24-14-6-4-3-5-13(12)14/h3-6,9-11,15-16,24H,7-8,22H2,1-2H3,(H2,23,28)(H,25,31)(H,26,29)(H,27,30)(H,32,33). The highest BCUT2D eigenvalue weighted by Gasteiger charge is 2.29. The number of fused-ring (bicyclic) bond motifs is 1. The number of aromatic nitrogens is 1. The molecule has 0 fully saturated rings. The molecule has 1 aromatic carbocycles. The van der Waals surface area contributed by atoms with Gasteiger partial charge in [0.15, 0.2) is 0 Å². The first-order valence-electron chi connectivity index (χ1n) is 10.2. The van der Waals surface area contributed by atoms with Crippen molar-refractivity contribution in [3.8, 4) is 0 Å². The Morgan fingerprint density at radius 1 is 0.970 bits per heavy atom. The number of benzene rings is 1. The van der Waals surface area contributed by atoms with Gasteiger partial charge in [-0.2, -0.15) is 0 Å². The second kappa shape index (κ2) is 11.1. The molecule has 178 valence electrons. The molecule has 33 heavy (non-hydrogen) atoms. The number of hydrogen-bond donors (Lipinski definition) is 7. The van der Waals surface area contributed by atoms with Crippen molar-refractivity contribution in [1.82, 2.24) is 20.9 Å². The molecule has 0 saturated heterocycles. The van der Waals surface area contributed by atoms with E-state index in [2.05, 4.69) is 20.9 Å². The molecule has 12 heteroatoms. The van der Waals surface area contributed by atoms with Gasteiger partial charge in [0.1, 0.15) is 18.1 Å². The number of H-pyrrole nitrogens is 1. The van der Waals surface area contributed by atoms with Crippen LogP contribution in [0.15, 0.2) is 30.5 Å². The Morgan fingerprint density at radius 3 is 2.21 bits per heavy atom. The second-order valence-corrected chi connectivity index (χ2v) is 7.71. The minimum atomic E-state index is -1.34. The monoisotopic (exact) mass is 460 g/mol. The Bertz CT molecular complexity index is 1050. The van der Waals surface area contributed by atoms with E-state index in [4.69, 9.17) is 11.5 Å². The molecule has 0 bridgehead atoms. The van der Waals surface area contributed by atoms with Gasteiger partial charge in [-0.3, -0.25) is 19.2 Å². The normalized spacial score (nSPS) is 14.5. The van der Waals surface area contributed by atoms with Crippen molar-refractivity contribution in [2.75, 3.05) is 0 Å². The number of rotatable bonds is 11. The second-order valence-electron chi connectivity index (χ2n) is 7.71. The number of carbonyl (C=O) groups is 5. The number of carboxylic acids is 1. The average Bonchev–Trinajstić information content (AvgIpc) is 3.14. The molecule has 2 aromatic rings. The Balaban J connectivity index is 2.04. The largest absolute Gasteiger partial charge is 0.480 e. The van der Waals surface area contributed by atoms with E-state index in [-0.39, 0.29) is 6.42 Å². The Kier molecular flexibility index (Phi) is 8.51. The van der Waals surface area contributed by atoms with Gasteiger partial charge in [0.25, 0.3) is 0 Å². The molecular formula is C21H28N6O6. The van der Waals surface area contributed by atoms with Crippen molar-refractivity contribution in [2.24, 2.45) is 11.5 Å². The van der Waals surface area contributed by atoms with Gasteiger partial charge in [-0.25, -0.2) is 4.79 Å². The van der Waals surface area contributed by atoms with E-state index >= 15 is 0 Å². The maximum Gasteiger partial charge on any atom is 0.326 e. The smallest absolute Gasteiger partial charge is 0.326 e. The molecule has 4 atom stereocenters. The van der Waals surface area contributed by atoms with Gasteiger partial charge < -0.3 is 37.5 Å². The maximum atomic E-state index is 12.6. The highest BCUT2D eigenvalue weighted by atomic mass is 16.4. The van der Waals surface area contributed by atoms with Gasteiger partial charge in [-0.05, 0) is 25.5 Å². The lowest BCUT2D eigenvalue weighted by Crippen LogP contribution is -2.56. The fourth-order valence-corrected chi connectivity index (χ4v) is 3.11. The van der Waals surface area contributed by atoms with Crippen molar-refractivity contribution in [2.45, 2.75) is 50.9 Å². The zero-order valence-corrected chi connectivity index (χ0v) is 18.3. The first-order chi connectivity index (χ1) is 15.5. The molecule has 12 nitrogen and oxygen atoms in total. The molecule has 1 heterocycles. The van der Waals surface area contributed by atoms with Gasteiger partial charge >= 0.3 is 5.97 Å². The number of amides is 4. The third-order valence-electron chi connectivity index (χ3n) is 4.92. The summed E-state index contributed by atoms with van der Waals surface area (Å²) in [4.78, 5) is 62.9. The summed E-state index contributed by atoms with van der Waals surface area (Å²) in [6, 6.07) is 2.65. The third kappa shape index (κ3) is 7.04. The van der Waals surface area contributed by atoms with E-state index in [1.807, 2.05) is 24.3 Å². The number of para-hydroxylation sites is 1. The molecule has 4 unspecified atom stereocenters. The topological polar surface area (TPSA) is 209 Å². The van der Waals surface area contributed by atoms with Crippen molar-refractivity contribution >= 4 is 40.5 Å². The number of aliphatic carboxylic acids is 1. The highest BCUT2D eigenvalue weighted by molar-refractivity contribution is 5.96. The molecule has 0 aliphatic rings. The number of hydrogen-bond acceptors (Lipinski definition) is 6. The molecule has 0 aliphatic heterocycles. The fourth-order valence-electron chi connectivity index (χ4n) is 3.11. The number of carboxylic acid groups (broad SMARTS) is 1. The molecule has 0 spiro atoms. The Hall–Kier alpha value is -3.93. The van der Waals surface area contributed by atoms with Crippen LogP contribution in [-0.2, 0) is 30.4 Å². The lowest BCUT2D eigenvalue weighted by molar-refractivity contribution is -0.142. The predicted octanol–water partition coefficient (Wildman–Crippen LogP) is -1.51. The number of nitrogens with one attached hydrogen (secondary N) is 4. The van der Waals surface area contributed by atoms with Gasteiger partial charge in [0.2, 0.25) is 23.6 Å². The molecule has 9 N–H and O–H groups in total. The SMILES string of the molecule is CC(N)C(=O)NC(CC(N)=O)C(=O)NC(C)C(=O)NC(Cc1c[nH]c2ccccc12)C(=O)O. The summed E-state index contributed by atoms with van der Waals surface area (Å²) < 4.78 is 0. The lowest BCUT2D eigenvalue weighted by Gasteiger charge is -2.22. The molecule has 0 saturated carbocycles. The van der Waals surface area contributed by atoms with Gasteiger partial charge in [0, 0.05) is 23.5 Å². The van der Waals surface area contributed by atoms with Crippen molar-refractivity contribution < 1.29 is 29.1 Å². The van der Waals surface area contributed by atoms with Crippen molar-refractivity contribution in [3.05, 3.63) is 36.0 Å². The van der Waals surface area contributed by atoms with E-state index < -0.39 is 60.2 Å². The highest BCUT2D eigenvalue weighted by Crippen LogP contribution is 2.19. The van der Waals surface area contributed by atoms with E-state index in [0.29, 0.717) is 5.56 Å². The van der Waals surface area contributed by atoms with E-state index in [0.717, 1.165) is 10.9 Å². The lowest BCUT2D eigenvalue weighted by atomic mass is 10.0. The summed E-state index contributed by atoms with van der Waals surface area (Å²) in [5, 5.41) is 17.4. The van der Waals surface area contributed by atoms with E-state index in [9.17, 15) is 29.1 Å². The quantitative estimate of drug-likeness (QED) is 0.210. The zero-order valence-electron chi connectivity index (χ0n) is 18.3. The first kappa shape index (κ1) is 25.3. The maximum absolute atomic E-state index is 12.6. The minimum Gasteiger partial charge on any atom is -0.480 e. The van der Waals surface area contributed by atoms with Crippen LogP contribution in [-0.4, -0.2) is 63.9 Å².